The van der Waals surface area contributed by atoms with Gasteiger partial charge in [0.1, 0.15) is 11.4 Å². The SMILES string of the molecule is CC(C)(C)OC(=O)N1CCc2c(N3C(=O)c4ccccc4C3=O)nn(Cc3ccc(F)cc3)c2C1. The Kier molecular flexibility index (Phi) is 5.42. The van der Waals surface area contributed by atoms with E-state index in [1.165, 1.54) is 12.1 Å². The highest BCUT2D eigenvalue weighted by atomic mass is 19.1. The van der Waals surface area contributed by atoms with Gasteiger partial charge in [-0.05, 0) is 57.0 Å². The summed E-state index contributed by atoms with van der Waals surface area (Å²) in [6.45, 7) is 6.27. The van der Waals surface area contributed by atoms with Gasteiger partial charge in [0.25, 0.3) is 11.8 Å². The summed E-state index contributed by atoms with van der Waals surface area (Å²) in [5.41, 5.74) is 2.27. The van der Waals surface area contributed by atoms with Crippen LogP contribution in [0.4, 0.5) is 15.0 Å². The standard InChI is InChI=1S/C26H25FN4O4/c1-26(2,3)35-25(34)29-13-12-20-21(15-29)30(14-16-8-10-17(27)11-9-16)28-22(20)31-23(32)18-6-4-5-7-19(18)24(31)33/h4-11H,12-15H2,1-3H3. The van der Waals surface area contributed by atoms with Crippen LogP contribution in [0.2, 0.25) is 0 Å². The lowest BCUT2D eigenvalue weighted by molar-refractivity contribution is 0.0218. The van der Waals surface area contributed by atoms with Crippen LogP contribution in [0.25, 0.3) is 0 Å². The highest BCUT2D eigenvalue weighted by molar-refractivity contribution is 6.34. The number of benzene rings is 2. The van der Waals surface area contributed by atoms with Gasteiger partial charge < -0.3 is 9.64 Å². The zero-order valence-electron chi connectivity index (χ0n) is 19.7. The molecule has 1 aromatic heterocycles. The minimum atomic E-state index is -0.642. The van der Waals surface area contributed by atoms with E-state index in [-0.39, 0.29) is 24.7 Å². The molecule has 0 radical (unpaired) electrons. The molecule has 3 aromatic rings. The van der Waals surface area contributed by atoms with Crippen molar-refractivity contribution in [2.45, 2.75) is 45.9 Å². The number of anilines is 1. The van der Waals surface area contributed by atoms with Gasteiger partial charge in [-0.15, -0.1) is 0 Å². The second-order valence-corrected chi connectivity index (χ2v) is 9.68. The van der Waals surface area contributed by atoms with Crippen molar-refractivity contribution >= 4 is 23.7 Å². The number of halogens is 1. The summed E-state index contributed by atoms with van der Waals surface area (Å²) >= 11 is 0. The number of carbonyl (C=O) groups is 3. The fourth-order valence-corrected chi connectivity index (χ4v) is 4.40. The van der Waals surface area contributed by atoms with Crippen molar-refractivity contribution in [2.75, 3.05) is 11.4 Å². The molecular weight excluding hydrogens is 451 g/mol. The van der Waals surface area contributed by atoms with Gasteiger partial charge in [-0.1, -0.05) is 24.3 Å². The van der Waals surface area contributed by atoms with E-state index in [4.69, 9.17) is 4.74 Å². The molecule has 2 aliphatic heterocycles. The smallest absolute Gasteiger partial charge is 0.410 e. The maximum absolute atomic E-state index is 13.4. The van der Waals surface area contributed by atoms with E-state index in [0.717, 1.165) is 16.0 Å². The molecule has 3 heterocycles. The van der Waals surface area contributed by atoms with Crippen LogP contribution in [0.1, 0.15) is 58.3 Å². The van der Waals surface area contributed by atoms with Gasteiger partial charge in [-0.25, -0.2) is 14.1 Å². The van der Waals surface area contributed by atoms with Crippen molar-refractivity contribution in [1.82, 2.24) is 14.7 Å². The molecular formula is C26H25FN4O4. The van der Waals surface area contributed by atoms with Gasteiger partial charge in [-0.3, -0.25) is 14.3 Å². The number of imide groups is 1. The van der Waals surface area contributed by atoms with E-state index in [0.29, 0.717) is 29.8 Å². The molecule has 9 heteroatoms. The largest absolute Gasteiger partial charge is 0.444 e. The number of amides is 3. The van der Waals surface area contributed by atoms with Crippen molar-refractivity contribution in [2.24, 2.45) is 0 Å². The summed E-state index contributed by atoms with van der Waals surface area (Å²) in [6, 6.07) is 12.7. The third-order valence-corrected chi connectivity index (χ3v) is 6.02. The molecule has 0 fully saturated rings. The van der Waals surface area contributed by atoms with E-state index >= 15 is 0 Å². The molecule has 0 bridgehead atoms. The van der Waals surface area contributed by atoms with Crippen LogP contribution in [0.5, 0.6) is 0 Å². The molecule has 180 valence electrons. The number of carbonyl (C=O) groups excluding carboxylic acids is 3. The maximum atomic E-state index is 13.4. The second kappa shape index (κ2) is 8.33. The summed E-state index contributed by atoms with van der Waals surface area (Å²) < 4.78 is 20.7. The minimum Gasteiger partial charge on any atom is -0.444 e. The van der Waals surface area contributed by atoms with Gasteiger partial charge in [0.05, 0.1) is 29.9 Å². The Hall–Kier alpha value is -4.01. The van der Waals surface area contributed by atoms with Crippen molar-refractivity contribution < 1.29 is 23.5 Å². The number of aromatic nitrogens is 2. The van der Waals surface area contributed by atoms with Gasteiger partial charge in [0.15, 0.2) is 5.82 Å². The quantitative estimate of drug-likeness (QED) is 0.530. The molecule has 5 rings (SSSR count). The van der Waals surface area contributed by atoms with Crippen LogP contribution in [0, 0.1) is 5.82 Å². The monoisotopic (exact) mass is 476 g/mol. The molecule has 35 heavy (non-hydrogen) atoms. The summed E-state index contributed by atoms with van der Waals surface area (Å²) in [5.74, 6) is -0.917. The van der Waals surface area contributed by atoms with Crippen molar-refractivity contribution in [3.63, 3.8) is 0 Å². The molecule has 2 aromatic carbocycles. The average molecular weight is 477 g/mol. The van der Waals surface area contributed by atoms with E-state index in [1.807, 2.05) is 0 Å². The molecule has 0 aliphatic carbocycles. The number of hydrogen-bond acceptors (Lipinski definition) is 5. The van der Waals surface area contributed by atoms with Gasteiger partial charge in [0, 0.05) is 12.1 Å². The number of ether oxygens (including phenoxy) is 1. The zero-order valence-corrected chi connectivity index (χ0v) is 19.7. The van der Waals surface area contributed by atoms with E-state index in [2.05, 4.69) is 5.10 Å². The lowest BCUT2D eigenvalue weighted by Gasteiger charge is -2.30. The molecule has 2 aliphatic rings. The van der Waals surface area contributed by atoms with Crippen molar-refractivity contribution in [3.05, 3.63) is 82.3 Å². The number of rotatable bonds is 3. The van der Waals surface area contributed by atoms with Crippen LogP contribution in [-0.2, 0) is 24.2 Å². The first kappa shape index (κ1) is 22.8. The van der Waals surface area contributed by atoms with Crippen LogP contribution in [0.15, 0.2) is 48.5 Å². The van der Waals surface area contributed by atoms with Crippen LogP contribution < -0.4 is 4.90 Å². The topological polar surface area (TPSA) is 84.7 Å². The average Bonchev–Trinajstić information content (AvgIpc) is 3.28. The summed E-state index contributed by atoms with van der Waals surface area (Å²) in [6.07, 6.45) is -0.0410. The Morgan fingerprint density at radius 2 is 1.66 bits per heavy atom. The molecule has 8 nitrogen and oxygen atoms in total. The predicted molar refractivity (Wildman–Crippen MR) is 126 cm³/mol. The van der Waals surface area contributed by atoms with Gasteiger partial charge >= 0.3 is 6.09 Å². The Labute approximate surface area is 201 Å². The summed E-state index contributed by atoms with van der Waals surface area (Å²) in [5, 5.41) is 4.67. The van der Waals surface area contributed by atoms with E-state index < -0.39 is 23.5 Å². The predicted octanol–water partition coefficient (Wildman–Crippen LogP) is 4.16. The number of hydrogen-bond donors (Lipinski definition) is 0. The van der Waals surface area contributed by atoms with Gasteiger partial charge in [0.2, 0.25) is 0 Å². The molecule has 0 saturated carbocycles. The first-order valence-corrected chi connectivity index (χ1v) is 11.4. The Balaban J connectivity index is 1.54. The van der Waals surface area contributed by atoms with Crippen molar-refractivity contribution in [3.8, 4) is 0 Å². The van der Waals surface area contributed by atoms with Crippen LogP contribution in [0.3, 0.4) is 0 Å². The molecule has 0 spiro atoms. The third kappa shape index (κ3) is 4.18. The van der Waals surface area contributed by atoms with E-state index in [9.17, 15) is 18.8 Å². The fourth-order valence-electron chi connectivity index (χ4n) is 4.40. The zero-order chi connectivity index (χ0) is 24.9. The van der Waals surface area contributed by atoms with Gasteiger partial charge in [-0.2, -0.15) is 5.10 Å². The summed E-state index contributed by atoms with van der Waals surface area (Å²) in [4.78, 5) is 41.8. The second-order valence-electron chi connectivity index (χ2n) is 9.68. The molecule has 0 unspecified atom stereocenters. The van der Waals surface area contributed by atoms with Crippen LogP contribution in [-0.4, -0.2) is 44.7 Å². The first-order valence-electron chi connectivity index (χ1n) is 11.4. The summed E-state index contributed by atoms with van der Waals surface area (Å²) in [7, 11) is 0. The first-order chi connectivity index (χ1) is 16.6. The fraction of sp³-hybridized carbons (Fsp3) is 0.308. The van der Waals surface area contributed by atoms with Crippen molar-refractivity contribution in [1.29, 1.82) is 0 Å². The number of fused-ring (bicyclic) bond motifs is 2. The number of nitrogens with zero attached hydrogens (tertiary/aromatic N) is 4. The normalized spacial score (nSPS) is 15.3. The Bertz CT molecular complexity index is 1310. The van der Waals surface area contributed by atoms with E-state index in [1.54, 1.807) is 66.8 Å². The Morgan fingerprint density at radius 1 is 1.03 bits per heavy atom. The Morgan fingerprint density at radius 3 is 2.26 bits per heavy atom. The highest BCUT2D eigenvalue weighted by Gasteiger charge is 2.41. The maximum Gasteiger partial charge on any atom is 0.410 e. The lowest BCUT2D eigenvalue weighted by Crippen LogP contribution is -2.40. The molecule has 0 N–H and O–H groups in total. The molecule has 0 saturated heterocycles. The van der Waals surface area contributed by atoms with Crippen LogP contribution >= 0.6 is 0 Å². The highest BCUT2D eigenvalue weighted by Crippen LogP contribution is 2.34. The third-order valence-electron chi connectivity index (χ3n) is 6.02. The molecule has 0 atom stereocenters. The molecule has 3 amide bonds. The minimum absolute atomic E-state index is 0.210. The lowest BCUT2D eigenvalue weighted by atomic mass is 10.1.